The van der Waals surface area contributed by atoms with Crippen molar-refractivity contribution in [2.75, 3.05) is 13.1 Å². The highest BCUT2D eigenvalue weighted by Crippen LogP contribution is 2.23. The molecule has 5 nitrogen and oxygen atoms in total. The minimum atomic E-state index is 0. The molecule has 0 saturated carbocycles. The zero-order valence-electron chi connectivity index (χ0n) is 17.2. The Balaban J connectivity index is 0.00000576. The Morgan fingerprint density at radius 1 is 1.24 bits per heavy atom. The lowest BCUT2D eigenvalue weighted by Gasteiger charge is -2.23. The van der Waals surface area contributed by atoms with Crippen LogP contribution >= 0.6 is 24.0 Å². The maximum atomic E-state index is 5.27. The molecule has 0 fully saturated rings. The van der Waals surface area contributed by atoms with Crippen LogP contribution in [0.4, 0.5) is 0 Å². The number of aliphatic imine (C=N–C) groups is 1. The van der Waals surface area contributed by atoms with E-state index in [2.05, 4.69) is 57.3 Å². The second-order valence-electron chi connectivity index (χ2n) is 8.00. The van der Waals surface area contributed by atoms with Gasteiger partial charge >= 0.3 is 0 Å². The monoisotopic (exact) mass is 464 g/mol. The molecule has 25 heavy (non-hydrogen) atoms. The number of hydrogen-bond acceptors (Lipinski definition) is 3. The van der Waals surface area contributed by atoms with Gasteiger partial charge in [0.05, 0.1) is 5.69 Å². The quantitative estimate of drug-likeness (QED) is 0.346. The minimum Gasteiger partial charge on any atom is -0.361 e. The highest BCUT2D eigenvalue weighted by atomic mass is 127. The summed E-state index contributed by atoms with van der Waals surface area (Å²) in [4.78, 5) is 4.76. The molecule has 0 amide bonds. The highest BCUT2D eigenvalue weighted by molar-refractivity contribution is 14.0. The van der Waals surface area contributed by atoms with Gasteiger partial charge in [-0.15, -0.1) is 24.0 Å². The molecule has 146 valence electrons. The number of nitrogens with zero attached hydrogens (tertiary/aromatic N) is 2. The van der Waals surface area contributed by atoms with Gasteiger partial charge in [-0.25, -0.2) is 0 Å². The lowest BCUT2D eigenvalue weighted by atomic mass is 9.89. The lowest BCUT2D eigenvalue weighted by Crippen LogP contribution is -2.42. The molecule has 0 aliphatic rings. The molecule has 1 aromatic rings. The molecule has 0 aliphatic carbocycles. The number of hydrogen-bond donors (Lipinski definition) is 2. The zero-order valence-corrected chi connectivity index (χ0v) is 19.5. The number of rotatable bonds is 7. The molecule has 0 saturated heterocycles. The molecular formula is C19H37IN4O. The van der Waals surface area contributed by atoms with Crippen LogP contribution in [0.1, 0.15) is 77.3 Å². The third-order valence-corrected chi connectivity index (χ3v) is 4.16. The first kappa shape index (κ1) is 24.2. The molecule has 1 aromatic heterocycles. The van der Waals surface area contributed by atoms with Crippen molar-refractivity contribution in [3.8, 4) is 0 Å². The Kier molecular flexibility index (Phi) is 10.7. The van der Waals surface area contributed by atoms with Crippen molar-refractivity contribution < 1.29 is 4.52 Å². The van der Waals surface area contributed by atoms with Crippen molar-refractivity contribution in [1.82, 2.24) is 15.8 Å². The molecule has 0 spiro atoms. The van der Waals surface area contributed by atoms with Gasteiger partial charge in [0.2, 0.25) is 0 Å². The van der Waals surface area contributed by atoms with Gasteiger partial charge in [0.1, 0.15) is 5.76 Å². The van der Waals surface area contributed by atoms with Gasteiger partial charge in [0.15, 0.2) is 5.96 Å². The second kappa shape index (κ2) is 11.0. The smallest absolute Gasteiger partial charge is 0.191 e. The van der Waals surface area contributed by atoms with Crippen molar-refractivity contribution in [2.45, 2.75) is 80.2 Å². The molecule has 1 rings (SSSR count). The van der Waals surface area contributed by atoms with Crippen LogP contribution in [0.25, 0.3) is 0 Å². The maximum Gasteiger partial charge on any atom is 0.191 e. The summed E-state index contributed by atoms with van der Waals surface area (Å²) < 4.78 is 5.27. The molecule has 0 aliphatic heterocycles. The van der Waals surface area contributed by atoms with E-state index in [0.29, 0.717) is 18.0 Å². The fourth-order valence-electron chi connectivity index (χ4n) is 2.79. The summed E-state index contributed by atoms with van der Waals surface area (Å²) in [5, 5.41) is 10.9. The normalized spacial score (nSPS) is 14.6. The van der Waals surface area contributed by atoms with Gasteiger partial charge in [0, 0.05) is 30.6 Å². The zero-order chi connectivity index (χ0) is 18.3. The summed E-state index contributed by atoms with van der Waals surface area (Å²) >= 11 is 0. The van der Waals surface area contributed by atoms with Gasteiger partial charge < -0.3 is 15.2 Å². The van der Waals surface area contributed by atoms with Crippen molar-refractivity contribution >= 4 is 29.9 Å². The number of aryl methyl sites for hydroxylation is 2. The van der Waals surface area contributed by atoms with Crippen LogP contribution in [-0.2, 0) is 0 Å². The van der Waals surface area contributed by atoms with E-state index < -0.39 is 0 Å². The molecular weight excluding hydrogens is 427 g/mol. The first-order valence-electron chi connectivity index (χ1n) is 9.11. The van der Waals surface area contributed by atoms with E-state index in [0.717, 1.165) is 30.4 Å². The van der Waals surface area contributed by atoms with Gasteiger partial charge in [-0.2, -0.15) is 0 Å². The summed E-state index contributed by atoms with van der Waals surface area (Å²) in [6, 6.07) is 0.399. The van der Waals surface area contributed by atoms with Crippen LogP contribution in [0.15, 0.2) is 9.52 Å². The van der Waals surface area contributed by atoms with Crippen LogP contribution < -0.4 is 10.6 Å². The predicted octanol–water partition coefficient (Wildman–Crippen LogP) is 4.78. The number of guanidine groups is 1. The van der Waals surface area contributed by atoms with Gasteiger partial charge in [-0.3, -0.25) is 4.99 Å². The van der Waals surface area contributed by atoms with E-state index >= 15 is 0 Å². The molecule has 1 heterocycles. The lowest BCUT2D eigenvalue weighted by molar-refractivity contribution is 0.346. The Morgan fingerprint density at radius 3 is 2.36 bits per heavy atom. The van der Waals surface area contributed by atoms with E-state index in [1.165, 1.54) is 12.0 Å². The molecule has 2 atom stereocenters. The van der Waals surface area contributed by atoms with Gasteiger partial charge in [-0.05, 0) is 46.0 Å². The summed E-state index contributed by atoms with van der Waals surface area (Å²) in [6.45, 7) is 18.9. The van der Waals surface area contributed by atoms with Crippen molar-refractivity contribution in [1.29, 1.82) is 0 Å². The van der Waals surface area contributed by atoms with Gasteiger partial charge in [-0.1, -0.05) is 32.9 Å². The third-order valence-electron chi connectivity index (χ3n) is 4.16. The molecule has 0 aromatic carbocycles. The summed E-state index contributed by atoms with van der Waals surface area (Å²) in [5.74, 6) is 2.07. The molecule has 6 heteroatoms. The summed E-state index contributed by atoms with van der Waals surface area (Å²) in [5.41, 5.74) is 2.51. The van der Waals surface area contributed by atoms with E-state index in [1.807, 2.05) is 13.8 Å². The van der Waals surface area contributed by atoms with Crippen LogP contribution in [0.3, 0.4) is 0 Å². The molecule has 0 radical (unpaired) electrons. The van der Waals surface area contributed by atoms with Crippen molar-refractivity contribution in [3.05, 3.63) is 17.0 Å². The number of nitrogens with one attached hydrogen (secondary N) is 2. The maximum absolute atomic E-state index is 5.27. The third kappa shape index (κ3) is 8.92. The van der Waals surface area contributed by atoms with Crippen LogP contribution in [0.5, 0.6) is 0 Å². The predicted molar refractivity (Wildman–Crippen MR) is 117 cm³/mol. The Hall–Kier alpha value is -0.790. The highest BCUT2D eigenvalue weighted by Gasteiger charge is 2.17. The van der Waals surface area contributed by atoms with Gasteiger partial charge in [0.25, 0.3) is 0 Å². The van der Waals surface area contributed by atoms with E-state index in [-0.39, 0.29) is 29.9 Å². The van der Waals surface area contributed by atoms with Crippen LogP contribution in [0, 0.1) is 19.3 Å². The average molecular weight is 464 g/mol. The van der Waals surface area contributed by atoms with E-state index in [9.17, 15) is 0 Å². The summed E-state index contributed by atoms with van der Waals surface area (Å²) in [6.07, 6.45) is 2.32. The van der Waals surface area contributed by atoms with Crippen LogP contribution in [0.2, 0.25) is 0 Å². The number of aromatic nitrogens is 1. The molecule has 2 N–H and O–H groups in total. The standard InChI is InChI=1S/C19H36N4O.HI/c1-9-20-18(22-14(3)10-11-19(6,7)8)21-12-13(2)17-15(4)23-24-16(17)5;/h13-14H,9-12H2,1-8H3,(H2,20,21,22);1H. The van der Waals surface area contributed by atoms with Crippen molar-refractivity contribution in [2.24, 2.45) is 10.4 Å². The first-order valence-corrected chi connectivity index (χ1v) is 9.11. The second-order valence-corrected chi connectivity index (χ2v) is 8.00. The van der Waals surface area contributed by atoms with E-state index in [4.69, 9.17) is 9.52 Å². The van der Waals surface area contributed by atoms with Crippen molar-refractivity contribution in [3.63, 3.8) is 0 Å². The minimum absolute atomic E-state index is 0. The number of halogens is 1. The molecule has 0 bridgehead atoms. The summed E-state index contributed by atoms with van der Waals surface area (Å²) in [7, 11) is 0. The van der Waals surface area contributed by atoms with Crippen LogP contribution in [-0.4, -0.2) is 30.2 Å². The fourth-order valence-corrected chi connectivity index (χ4v) is 2.79. The SMILES string of the molecule is CCNC(=NCC(C)c1c(C)noc1C)NC(C)CCC(C)(C)C.I. The fraction of sp³-hybridized carbons (Fsp3) is 0.789. The Morgan fingerprint density at radius 2 is 1.88 bits per heavy atom. The molecule has 2 unspecified atom stereocenters. The van der Waals surface area contributed by atoms with E-state index in [1.54, 1.807) is 0 Å². The Labute approximate surface area is 170 Å². The average Bonchev–Trinajstić information content (AvgIpc) is 2.81. The largest absolute Gasteiger partial charge is 0.361 e. The first-order chi connectivity index (χ1) is 11.1. The Bertz CT molecular complexity index is 515. The topological polar surface area (TPSA) is 62.5 Å².